The Morgan fingerprint density at radius 2 is 1.95 bits per heavy atom. The second-order valence-corrected chi connectivity index (χ2v) is 4.91. The Bertz CT molecular complexity index is 497. The fourth-order valence-corrected chi connectivity index (χ4v) is 1.74. The quantitative estimate of drug-likeness (QED) is 0.845. The highest BCUT2D eigenvalue weighted by Gasteiger charge is 2.21. The molecule has 0 aliphatic heterocycles. The van der Waals surface area contributed by atoms with Gasteiger partial charge in [-0.25, -0.2) is 0 Å². The lowest BCUT2D eigenvalue weighted by Crippen LogP contribution is -2.38. The minimum absolute atomic E-state index is 0.0379. The van der Waals surface area contributed by atoms with Crippen molar-refractivity contribution < 1.29 is 9.90 Å². The summed E-state index contributed by atoms with van der Waals surface area (Å²) >= 11 is 0. The van der Waals surface area contributed by atoms with Crippen LogP contribution in [0.2, 0.25) is 0 Å². The van der Waals surface area contributed by atoms with Crippen molar-refractivity contribution in [3.63, 3.8) is 0 Å². The lowest BCUT2D eigenvalue weighted by molar-refractivity contribution is 0.0707. The normalized spacial score (nSPS) is 11.7. The lowest BCUT2D eigenvalue weighted by atomic mass is 10.0. The van der Waals surface area contributed by atoms with Gasteiger partial charge in [0.05, 0.1) is 5.56 Å². The van der Waals surface area contributed by atoms with E-state index in [9.17, 15) is 4.79 Å². The first-order chi connectivity index (χ1) is 8.99. The zero-order valence-corrected chi connectivity index (χ0v) is 12.0. The molecule has 1 aromatic rings. The van der Waals surface area contributed by atoms with Crippen LogP contribution in [0.3, 0.4) is 0 Å². The van der Waals surface area contributed by atoms with E-state index in [1.54, 1.807) is 17.0 Å². The van der Waals surface area contributed by atoms with E-state index < -0.39 is 0 Å². The van der Waals surface area contributed by atoms with E-state index in [-0.39, 0.29) is 18.6 Å². The zero-order valence-electron chi connectivity index (χ0n) is 12.0. The summed E-state index contributed by atoms with van der Waals surface area (Å²) in [6, 6.07) is 7.39. The largest absolute Gasteiger partial charge is 0.384 e. The van der Waals surface area contributed by atoms with Gasteiger partial charge in [-0.2, -0.15) is 0 Å². The van der Waals surface area contributed by atoms with Crippen molar-refractivity contribution in [3.8, 4) is 11.8 Å². The van der Waals surface area contributed by atoms with Gasteiger partial charge in [0.25, 0.3) is 5.91 Å². The molecule has 1 unspecified atom stereocenters. The van der Waals surface area contributed by atoms with E-state index in [0.717, 1.165) is 0 Å². The molecule has 0 saturated carbocycles. The summed E-state index contributed by atoms with van der Waals surface area (Å²) in [6.45, 7) is 6.00. The summed E-state index contributed by atoms with van der Waals surface area (Å²) in [5.41, 5.74) is 1.24. The van der Waals surface area contributed by atoms with Gasteiger partial charge >= 0.3 is 0 Å². The smallest absolute Gasteiger partial charge is 0.255 e. The Kier molecular flexibility index (Phi) is 5.59. The molecule has 0 aliphatic carbocycles. The predicted octanol–water partition coefficient (Wildman–Crippen LogP) is 2.15. The molecule has 0 bridgehead atoms. The number of carbonyl (C=O) groups is 1. The molecular weight excluding hydrogens is 238 g/mol. The molecule has 0 fully saturated rings. The maximum atomic E-state index is 12.5. The lowest BCUT2D eigenvalue weighted by Gasteiger charge is -2.28. The van der Waals surface area contributed by atoms with Gasteiger partial charge in [-0.15, -0.1) is 0 Å². The van der Waals surface area contributed by atoms with Crippen LogP contribution in [0, 0.1) is 17.8 Å². The molecular formula is C16H21NO2. The van der Waals surface area contributed by atoms with E-state index in [4.69, 9.17) is 5.11 Å². The fourth-order valence-electron chi connectivity index (χ4n) is 1.74. The number of aliphatic hydroxyl groups is 1. The summed E-state index contributed by atoms with van der Waals surface area (Å²) in [6.07, 6.45) is 0. The second kappa shape index (κ2) is 6.96. The van der Waals surface area contributed by atoms with E-state index in [2.05, 4.69) is 25.7 Å². The molecule has 1 atom stereocenters. The van der Waals surface area contributed by atoms with E-state index in [1.807, 2.05) is 26.1 Å². The van der Waals surface area contributed by atoms with Gasteiger partial charge < -0.3 is 10.0 Å². The third kappa shape index (κ3) is 3.84. The number of rotatable bonds is 3. The van der Waals surface area contributed by atoms with Crippen LogP contribution in [0.4, 0.5) is 0 Å². The fraction of sp³-hybridized carbons (Fsp3) is 0.438. The Morgan fingerprint density at radius 1 is 1.32 bits per heavy atom. The van der Waals surface area contributed by atoms with Crippen LogP contribution < -0.4 is 0 Å². The van der Waals surface area contributed by atoms with Crippen molar-refractivity contribution in [3.05, 3.63) is 35.4 Å². The third-order valence-corrected chi connectivity index (χ3v) is 3.36. The SMILES string of the molecule is CC(C)C(C)N(C)C(=O)c1ccccc1C#CCO. The van der Waals surface area contributed by atoms with Crippen LogP contribution in [0.5, 0.6) is 0 Å². The summed E-state index contributed by atoms with van der Waals surface area (Å²) in [5.74, 6) is 5.76. The molecule has 102 valence electrons. The molecule has 19 heavy (non-hydrogen) atoms. The summed E-state index contributed by atoms with van der Waals surface area (Å²) in [7, 11) is 1.81. The van der Waals surface area contributed by atoms with Gasteiger partial charge in [0, 0.05) is 18.7 Å². The third-order valence-electron chi connectivity index (χ3n) is 3.36. The van der Waals surface area contributed by atoms with Gasteiger partial charge in [-0.05, 0) is 25.0 Å². The average molecular weight is 259 g/mol. The van der Waals surface area contributed by atoms with Crippen LogP contribution in [-0.2, 0) is 0 Å². The molecule has 0 aromatic heterocycles. The van der Waals surface area contributed by atoms with Crippen LogP contribution in [0.15, 0.2) is 24.3 Å². The first-order valence-corrected chi connectivity index (χ1v) is 6.45. The summed E-state index contributed by atoms with van der Waals surface area (Å²) < 4.78 is 0. The van der Waals surface area contributed by atoms with Gasteiger partial charge in [0.15, 0.2) is 0 Å². The molecule has 0 aliphatic rings. The van der Waals surface area contributed by atoms with Crippen LogP contribution in [0.25, 0.3) is 0 Å². The molecule has 0 saturated heterocycles. The maximum Gasteiger partial charge on any atom is 0.255 e. The van der Waals surface area contributed by atoms with Crippen molar-refractivity contribution in [2.75, 3.05) is 13.7 Å². The molecule has 1 amide bonds. The number of nitrogens with zero attached hydrogens (tertiary/aromatic N) is 1. The summed E-state index contributed by atoms with van der Waals surface area (Å²) in [5, 5.41) is 8.76. The van der Waals surface area contributed by atoms with E-state index in [0.29, 0.717) is 17.0 Å². The Hall–Kier alpha value is -1.79. The maximum absolute atomic E-state index is 12.5. The first kappa shape index (κ1) is 15.3. The summed E-state index contributed by atoms with van der Waals surface area (Å²) in [4.78, 5) is 14.2. The number of hydrogen-bond acceptors (Lipinski definition) is 2. The van der Waals surface area contributed by atoms with Crippen LogP contribution in [-0.4, -0.2) is 35.6 Å². The van der Waals surface area contributed by atoms with Crippen molar-refractivity contribution >= 4 is 5.91 Å². The van der Waals surface area contributed by atoms with Crippen LogP contribution >= 0.6 is 0 Å². The van der Waals surface area contributed by atoms with Crippen molar-refractivity contribution in [2.45, 2.75) is 26.8 Å². The van der Waals surface area contributed by atoms with Gasteiger partial charge in [-0.3, -0.25) is 4.79 Å². The number of hydrogen-bond donors (Lipinski definition) is 1. The Balaban J connectivity index is 3.06. The zero-order chi connectivity index (χ0) is 14.4. The Morgan fingerprint density at radius 3 is 2.53 bits per heavy atom. The highest BCUT2D eigenvalue weighted by Crippen LogP contribution is 2.15. The molecule has 3 nitrogen and oxygen atoms in total. The average Bonchev–Trinajstić information content (AvgIpc) is 2.42. The first-order valence-electron chi connectivity index (χ1n) is 6.45. The van der Waals surface area contributed by atoms with Gasteiger partial charge in [-0.1, -0.05) is 37.8 Å². The van der Waals surface area contributed by atoms with Crippen molar-refractivity contribution in [1.29, 1.82) is 0 Å². The monoisotopic (exact) mass is 259 g/mol. The molecule has 1 aromatic carbocycles. The molecule has 1 N–H and O–H groups in total. The molecule has 0 radical (unpaired) electrons. The minimum atomic E-state index is -0.208. The van der Waals surface area contributed by atoms with Crippen molar-refractivity contribution in [1.82, 2.24) is 4.90 Å². The number of amides is 1. The minimum Gasteiger partial charge on any atom is -0.384 e. The number of aliphatic hydroxyl groups excluding tert-OH is 1. The predicted molar refractivity (Wildman–Crippen MR) is 76.8 cm³/mol. The number of carbonyl (C=O) groups excluding carboxylic acids is 1. The van der Waals surface area contributed by atoms with E-state index >= 15 is 0 Å². The molecule has 1 rings (SSSR count). The van der Waals surface area contributed by atoms with Crippen molar-refractivity contribution in [2.24, 2.45) is 5.92 Å². The molecule has 3 heteroatoms. The standard InChI is InChI=1S/C16H21NO2/c1-12(2)13(3)17(4)16(19)15-10-6-5-8-14(15)9-7-11-18/h5-6,8,10,12-13,18H,11H2,1-4H3. The Labute approximate surface area is 115 Å². The second-order valence-electron chi connectivity index (χ2n) is 4.91. The molecule has 0 heterocycles. The number of benzene rings is 1. The highest BCUT2D eigenvalue weighted by atomic mass is 16.2. The molecule has 0 spiro atoms. The van der Waals surface area contributed by atoms with Gasteiger partial charge in [0.2, 0.25) is 0 Å². The van der Waals surface area contributed by atoms with E-state index in [1.165, 1.54) is 0 Å². The van der Waals surface area contributed by atoms with Gasteiger partial charge in [0.1, 0.15) is 6.61 Å². The van der Waals surface area contributed by atoms with Crippen LogP contribution in [0.1, 0.15) is 36.7 Å². The topological polar surface area (TPSA) is 40.5 Å². The highest BCUT2D eigenvalue weighted by molar-refractivity contribution is 5.96.